The van der Waals surface area contributed by atoms with Crippen molar-refractivity contribution in [1.29, 1.82) is 0 Å². The number of hydrogen-bond donors (Lipinski definition) is 4. The molecule has 0 radical (unpaired) electrons. The highest BCUT2D eigenvalue weighted by Gasteiger charge is 2.51. The number of rotatable bonds is 34. The first-order valence-electron chi connectivity index (χ1n) is 36.2. The molecule has 6 aliphatic rings. The van der Waals surface area contributed by atoms with E-state index in [9.17, 15) is 50.6 Å². The van der Waals surface area contributed by atoms with Gasteiger partial charge in [0.2, 0.25) is 45.7 Å². The number of unbranched alkanes of at least 4 members (excludes halogenated alkanes) is 4. The molecule has 5 N–H and O–H groups in total. The van der Waals surface area contributed by atoms with Gasteiger partial charge in [-0.05, 0) is 119 Å². The molecule has 3 aromatic rings. The predicted octanol–water partition coefficient (Wildman–Crippen LogP) is 8.02. The first-order chi connectivity index (χ1) is 48.2. The van der Waals surface area contributed by atoms with E-state index >= 15 is 0 Å². The molecular formula is C64H113N17O19S2. The molecule has 6 aliphatic heterocycles. The summed E-state index contributed by atoms with van der Waals surface area (Å²) in [7, 11) is -9.82. The molecule has 0 aliphatic carbocycles. The molecule has 36 nitrogen and oxygen atoms in total. The van der Waals surface area contributed by atoms with Crippen LogP contribution >= 0.6 is 0 Å². The molecule has 9 heterocycles. The van der Waals surface area contributed by atoms with Gasteiger partial charge in [0.15, 0.2) is 0 Å². The number of nitrogens with one attached hydrogen (secondary N) is 1. The smallest absolute Gasteiger partial charge is 0.418 e. The van der Waals surface area contributed by atoms with Crippen molar-refractivity contribution in [2.45, 2.75) is 253 Å². The maximum atomic E-state index is 12.5. The molecule has 38 heteroatoms. The first-order valence-corrected chi connectivity index (χ1v) is 38.9. The summed E-state index contributed by atoms with van der Waals surface area (Å²) in [4.78, 5) is 69.2. The Morgan fingerprint density at radius 1 is 0.549 bits per heavy atom. The molecule has 6 atom stereocenters. The van der Waals surface area contributed by atoms with Crippen molar-refractivity contribution in [2.75, 3.05) is 91.6 Å². The van der Waals surface area contributed by atoms with E-state index < -0.39 is 80.4 Å². The van der Waals surface area contributed by atoms with Crippen molar-refractivity contribution < 1.29 is 90.9 Å². The lowest BCUT2D eigenvalue weighted by molar-refractivity contribution is -0.929. The van der Waals surface area contributed by atoms with Crippen molar-refractivity contribution >= 4 is 51.1 Å². The van der Waals surface area contributed by atoms with Crippen molar-refractivity contribution in [3.8, 4) is 0 Å². The fourth-order valence-electron chi connectivity index (χ4n) is 12.9. The van der Waals surface area contributed by atoms with Crippen LogP contribution in [0, 0.1) is 0 Å². The van der Waals surface area contributed by atoms with Crippen molar-refractivity contribution in [1.82, 2.24) is 75.6 Å². The highest BCUT2D eigenvalue weighted by molar-refractivity contribution is 7.81. The summed E-state index contributed by atoms with van der Waals surface area (Å²) >= 11 is 0. The minimum Gasteiger partial charge on any atom is -0.724 e. The van der Waals surface area contributed by atoms with Gasteiger partial charge in [0, 0.05) is 84.7 Å². The van der Waals surface area contributed by atoms with Crippen molar-refractivity contribution in [2.24, 2.45) is 5.73 Å². The third kappa shape index (κ3) is 25.3. The molecule has 0 spiro atoms. The van der Waals surface area contributed by atoms with Crippen LogP contribution in [0.2, 0.25) is 0 Å². The number of nitrogens with zero attached hydrogens (tertiary/aromatic N) is 15. The Kier molecular flexibility index (Phi) is 32.2. The number of ether oxygens (including phenoxy) is 2. The van der Waals surface area contributed by atoms with E-state index in [0.717, 1.165) is 17.9 Å². The molecule has 8 amide bonds. The summed E-state index contributed by atoms with van der Waals surface area (Å²) in [6.07, 6.45) is 16.3. The van der Waals surface area contributed by atoms with Gasteiger partial charge < -0.3 is 67.3 Å². The lowest BCUT2D eigenvalue weighted by Gasteiger charge is -2.39. The molecule has 6 bridgehead atoms. The van der Waals surface area contributed by atoms with Crippen LogP contribution in [0.15, 0.2) is 13.3 Å². The summed E-state index contributed by atoms with van der Waals surface area (Å²) in [5, 5.41) is 39.2. The number of nitrogens with two attached hydrogens (primary N) is 1. The Bertz CT molecular complexity index is 3310. The number of hydrogen-bond acceptors (Lipinski definition) is 26. The zero-order chi connectivity index (χ0) is 75.2. The minimum absolute atomic E-state index is 0.164. The number of carbonyl (C=O) groups is 5. The van der Waals surface area contributed by atoms with Crippen molar-refractivity contribution in [3.63, 3.8) is 0 Å². The quantitative estimate of drug-likeness (QED) is 0.0144. The second kappa shape index (κ2) is 38.9. The number of piperidine rings is 3. The number of amides is 8. The summed E-state index contributed by atoms with van der Waals surface area (Å²) in [5.74, 6) is 2.03. The minimum atomic E-state index is -5.06. The van der Waals surface area contributed by atoms with Gasteiger partial charge >= 0.3 is 40.7 Å². The molecule has 9 rings (SSSR count). The van der Waals surface area contributed by atoms with Crippen LogP contribution in [0.25, 0.3) is 0 Å². The monoisotopic (exact) mass is 1490 g/mol. The van der Waals surface area contributed by atoms with Crippen molar-refractivity contribution in [3.05, 3.63) is 35.3 Å². The molecule has 0 saturated carbocycles. The first kappa shape index (κ1) is 84.3. The van der Waals surface area contributed by atoms with Crippen LogP contribution in [0.1, 0.15) is 239 Å². The largest absolute Gasteiger partial charge is 0.724 e. The highest BCUT2D eigenvalue weighted by Crippen LogP contribution is 2.41. The summed E-state index contributed by atoms with van der Waals surface area (Å²) in [6.45, 7) is 34.5. The lowest BCUT2D eigenvalue weighted by atomic mass is 10.0. The predicted molar refractivity (Wildman–Crippen MR) is 366 cm³/mol. The van der Waals surface area contributed by atoms with Gasteiger partial charge in [0.25, 0.3) is 0 Å². The van der Waals surface area contributed by atoms with Crippen LogP contribution in [-0.2, 0) is 58.1 Å². The maximum Gasteiger partial charge on any atom is 0.418 e. The molecule has 0 aromatic carbocycles. The maximum absolute atomic E-state index is 12.5. The van der Waals surface area contributed by atoms with E-state index in [0.29, 0.717) is 150 Å². The Morgan fingerprint density at radius 2 is 0.912 bits per heavy atom. The molecule has 102 heavy (non-hydrogen) atoms. The van der Waals surface area contributed by atoms with Crippen LogP contribution in [-0.4, -0.2) is 257 Å². The summed E-state index contributed by atoms with van der Waals surface area (Å²) in [6, 6.07) is -4.30. The zero-order valence-corrected chi connectivity index (χ0v) is 63.4. The van der Waals surface area contributed by atoms with Gasteiger partial charge in [-0.25, -0.2) is 37.5 Å². The Balaban J connectivity index is 0.000000219. The number of hydroxylamine groups is 6. The number of quaternary nitrogens is 1. The van der Waals surface area contributed by atoms with Gasteiger partial charge in [-0.15, -0.1) is 34.9 Å². The Morgan fingerprint density at radius 3 is 1.26 bits per heavy atom. The van der Waals surface area contributed by atoms with Gasteiger partial charge in [0.1, 0.15) is 29.3 Å². The van der Waals surface area contributed by atoms with E-state index in [-0.39, 0.29) is 37.2 Å². The number of fused-ring (bicyclic) bond motifs is 6. The number of carbonyl (C=O) groups excluding carboxylic acids is 5. The van der Waals surface area contributed by atoms with E-state index in [1.807, 2.05) is 34.6 Å². The zero-order valence-electron chi connectivity index (χ0n) is 61.7. The standard InChI is InChI=1S/C18H29N5O8S.C18H29N5O5.C16H36N.C12H20N6O6S/c1-5-9-21(17(25)30-18(2,3)4)10-8-14-19-20-15(29-14)13-7-6-12-11-22(13)16(24)23(12)31-32(26,27)28;1-5-9-21(17(25)28-18(2,3)4)10-8-14-19-20-15(27-14)13-7-6-12-11-22(13)16(24)23(12)26;1-5-9-13-17(14-10-6-2,15-11-7-3)16-12-8-4;13-4-6-14-5-3-10-15-16-11(23-10)9-2-1-8-7-17(9)12(19)18(8)24-25(20,21)22/h12-13H,5-11H2,1-4H3,(H,26,27,28);12-13,26H,5-11H2,1-4H3;5-16H2,1-4H3;8-9,14H,1-7,13H2,(H,20,21,22)/q;;+1;/p-1/t2*12-,13+;;8-,9+/m11.1/s1. The second-order valence-corrected chi connectivity index (χ2v) is 30.5. The topological polar surface area (TPSA) is 435 Å². The van der Waals surface area contributed by atoms with Crippen LogP contribution in [0.3, 0.4) is 0 Å². The van der Waals surface area contributed by atoms with Gasteiger partial charge in [-0.2, -0.15) is 22.8 Å². The Labute approximate surface area is 600 Å². The average molecular weight is 1490 g/mol. The molecular weight excluding hydrogens is 1370 g/mol. The van der Waals surface area contributed by atoms with Gasteiger partial charge in [-0.3, -0.25) is 9.76 Å². The molecule has 6 saturated heterocycles. The van der Waals surface area contributed by atoms with E-state index in [4.69, 9.17) is 33.0 Å². The summed E-state index contributed by atoms with van der Waals surface area (Å²) in [5.41, 5.74) is 4.23. The summed E-state index contributed by atoms with van der Waals surface area (Å²) < 4.78 is 101. The third-order valence-corrected chi connectivity index (χ3v) is 18.6. The van der Waals surface area contributed by atoms with E-state index in [1.54, 1.807) is 35.5 Å². The molecule has 3 aromatic heterocycles. The van der Waals surface area contributed by atoms with Crippen LogP contribution in [0.4, 0.5) is 24.0 Å². The number of urea groups is 3. The van der Waals surface area contributed by atoms with E-state index in [1.165, 1.54) is 91.8 Å². The lowest BCUT2D eigenvalue weighted by Crippen LogP contribution is -2.50. The number of aromatic nitrogens is 6. The SMILES string of the molecule is CCCC[N+](CCCC)(CCCC)CCCC.CCCN(CCc1nnc([C@@H]2CC[C@@H]3CN2C(=O)N3O)o1)C(=O)OC(C)(C)C.CCCN(CCc1nnc([C@@H]2CC[C@@H]3CN2C(=O)N3OS(=O)(=O)[O-])o1)C(=O)OC(C)(C)C.NCCNCCc1nnc([C@@H]2CC[C@@H]3CN2C(=O)N3OS(=O)(=O)O)o1. The average Bonchev–Trinajstić information content (AvgIpc) is 1.64. The molecule has 6 fully saturated rings. The van der Waals surface area contributed by atoms with Gasteiger partial charge in [-0.1, -0.05) is 67.2 Å². The normalized spacial score (nSPS) is 20.5. The Hall–Kier alpha value is -6.65. The van der Waals surface area contributed by atoms with E-state index in [2.05, 4.69) is 72.2 Å². The fourth-order valence-corrected chi connectivity index (χ4v) is 13.7. The fraction of sp³-hybridized carbons (Fsp3) is 0.828. The third-order valence-electron chi connectivity index (χ3n) is 17.9. The van der Waals surface area contributed by atoms with Crippen LogP contribution < -0.4 is 11.1 Å². The van der Waals surface area contributed by atoms with Gasteiger partial charge in [0.05, 0.1) is 44.3 Å². The molecule has 0 unspecified atom stereocenters. The van der Waals surface area contributed by atoms with Crippen LogP contribution in [0.5, 0.6) is 0 Å². The molecule has 580 valence electrons. The highest BCUT2D eigenvalue weighted by atomic mass is 32.3. The second-order valence-electron chi connectivity index (χ2n) is 28.5.